The number of alkyl halides is 6. The van der Waals surface area contributed by atoms with E-state index < -0.39 is 47.4 Å². The van der Waals surface area contributed by atoms with Gasteiger partial charge in [-0.05, 0) is 36.4 Å². The lowest BCUT2D eigenvalue weighted by molar-refractivity contribution is -0.854. The first-order valence-electron chi connectivity index (χ1n) is 8.62. The van der Waals surface area contributed by atoms with Crippen LogP contribution in [0.15, 0.2) is 60.2 Å². The third-order valence-corrected chi connectivity index (χ3v) is 4.67. The van der Waals surface area contributed by atoms with Gasteiger partial charge in [0.15, 0.2) is 0 Å². The van der Waals surface area contributed by atoms with E-state index in [1.165, 1.54) is 24.3 Å². The first-order valence-corrected chi connectivity index (χ1v) is 8.62. The number of nitrogens with one attached hydrogen (secondary N) is 1. The number of amides is 1. The molecule has 0 radical (unpaired) electrons. The molecule has 0 saturated heterocycles. The molecule has 2 aromatic rings. The minimum Gasteiger partial charge on any atom is -0.581 e. The van der Waals surface area contributed by atoms with Gasteiger partial charge in [-0.3, -0.25) is 9.69 Å². The molecule has 0 fully saturated rings. The Morgan fingerprint density at radius 3 is 2.13 bits per heavy atom. The number of aliphatic hydroxyl groups is 1. The number of aliphatic hydroxyl groups excluding tert-OH is 1. The molecule has 0 spiro atoms. The fourth-order valence-corrected chi connectivity index (χ4v) is 3.39. The van der Waals surface area contributed by atoms with Crippen LogP contribution in [0, 0.1) is 5.21 Å². The molecular weight excluding hydrogens is 434 g/mol. The van der Waals surface area contributed by atoms with Gasteiger partial charge >= 0.3 is 12.4 Å². The molecular formula is C18H12F6N4O3. The molecule has 31 heavy (non-hydrogen) atoms. The highest BCUT2D eigenvalue weighted by Gasteiger charge is 2.51. The number of carbonyl (C=O) groups is 1. The lowest BCUT2D eigenvalue weighted by Crippen LogP contribution is -3.19. The van der Waals surface area contributed by atoms with Gasteiger partial charge in [-0.15, -0.1) is 10.0 Å². The van der Waals surface area contributed by atoms with Crippen molar-refractivity contribution in [2.45, 2.75) is 12.4 Å². The zero-order valence-corrected chi connectivity index (χ0v) is 15.2. The van der Waals surface area contributed by atoms with Crippen LogP contribution in [0.2, 0.25) is 0 Å². The van der Waals surface area contributed by atoms with Crippen molar-refractivity contribution < 1.29 is 41.5 Å². The summed E-state index contributed by atoms with van der Waals surface area (Å²) in [6.07, 6.45) is -9.51. The lowest BCUT2D eigenvalue weighted by atomic mass is 10.1. The van der Waals surface area contributed by atoms with Crippen molar-refractivity contribution in [2.75, 3.05) is 16.6 Å². The average Bonchev–Trinajstić information content (AvgIpc) is 2.94. The number of rotatable bonds is 2. The monoisotopic (exact) mass is 446 g/mol. The normalized spacial score (nSPS) is 19.1. The summed E-state index contributed by atoms with van der Waals surface area (Å²) in [7, 11) is 0. The number of carbonyl (C=O) groups excluding carboxylic acids is 1. The third-order valence-electron chi connectivity index (χ3n) is 4.67. The Morgan fingerprint density at radius 1 is 0.935 bits per heavy atom. The zero-order valence-electron chi connectivity index (χ0n) is 15.2. The van der Waals surface area contributed by atoms with Crippen molar-refractivity contribution in [3.63, 3.8) is 0 Å². The summed E-state index contributed by atoms with van der Waals surface area (Å²) in [5, 5.41) is 23.8. The Morgan fingerprint density at radius 2 is 1.55 bits per heavy atom. The van der Waals surface area contributed by atoms with Crippen LogP contribution < -0.4 is 15.3 Å². The average molecular weight is 446 g/mol. The number of anilines is 2. The summed E-state index contributed by atoms with van der Waals surface area (Å²) in [5.41, 5.74) is -1.51. The summed E-state index contributed by atoms with van der Waals surface area (Å²) >= 11 is 0. The first-order chi connectivity index (χ1) is 14.4. The molecule has 0 aliphatic carbocycles. The standard InChI is InChI=1S/C18H12F6N4O3/c19-17(20,21)9-25-14-16(30)26(11-7-5-10(6-8-11)18(22,23)24)28(31)27(14)13-4-2-1-3-12(13)15(25)29/h1-8,28,30H,9H2. The van der Waals surface area contributed by atoms with Crippen molar-refractivity contribution in [2.24, 2.45) is 0 Å². The predicted molar refractivity (Wildman–Crippen MR) is 93.9 cm³/mol. The number of halogens is 6. The molecule has 13 heteroatoms. The Bertz CT molecular complexity index is 1070. The van der Waals surface area contributed by atoms with E-state index in [2.05, 4.69) is 0 Å². The zero-order chi connectivity index (χ0) is 22.7. The molecule has 1 amide bonds. The Balaban J connectivity index is 1.84. The van der Waals surface area contributed by atoms with E-state index in [1.807, 2.05) is 0 Å². The van der Waals surface area contributed by atoms with Gasteiger partial charge in [-0.2, -0.15) is 31.6 Å². The number of fused-ring (bicyclic) bond motifs is 3. The van der Waals surface area contributed by atoms with Crippen LogP contribution in [0.3, 0.4) is 0 Å². The van der Waals surface area contributed by atoms with E-state index in [0.29, 0.717) is 17.1 Å². The summed E-state index contributed by atoms with van der Waals surface area (Å²) in [4.78, 5) is 12.9. The highest BCUT2D eigenvalue weighted by atomic mass is 19.4. The van der Waals surface area contributed by atoms with E-state index in [4.69, 9.17) is 0 Å². The van der Waals surface area contributed by atoms with Gasteiger partial charge in [0, 0.05) is 0 Å². The smallest absolute Gasteiger partial charge is 0.416 e. The first kappa shape index (κ1) is 20.8. The van der Waals surface area contributed by atoms with E-state index in [-0.39, 0.29) is 21.8 Å². The highest BCUT2D eigenvalue weighted by molar-refractivity contribution is 6.03. The molecule has 2 N–H and O–H groups in total. The van der Waals surface area contributed by atoms with Gasteiger partial charge in [0.05, 0.1) is 11.1 Å². The van der Waals surface area contributed by atoms with Gasteiger partial charge in [0.1, 0.15) is 17.9 Å². The molecule has 0 saturated carbocycles. The largest absolute Gasteiger partial charge is 0.581 e. The molecule has 2 aromatic carbocycles. The minimum atomic E-state index is -4.86. The number of nitrogens with zero attached hydrogens (tertiary/aromatic N) is 3. The van der Waals surface area contributed by atoms with Crippen LogP contribution >= 0.6 is 0 Å². The van der Waals surface area contributed by atoms with Gasteiger partial charge in [0.2, 0.25) is 5.82 Å². The van der Waals surface area contributed by atoms with Crippen LogP contribution in [-0.4, -0.2) is 28.6 Å². The molecule has 7 nitrogen and oxygen atoms in total. The van der Waals surface area contributed by atoms with Crippen LogP contribution in [0.25, 0.3) is 0 Å². The van der Waals surface area contributed by atoms with E-state index in [1.54, 1.807) is 0 Å². The second kappa shape index (κ2) is 6.78. The van der Waals surface area contributed by atoms with Crippen LogP contribution in [0.5, 0.6) is 0 Å². The van der Waals surface area contributed by atoms with Crippen molar-refractivity contribution in [3.05, 3.63) is 76.6 Å². The van der Waals surface area contributed by atoms with Gasteiger partial charge in [0.25, 0.3) is 11.8 Å². The molecule has 1 unspecified atom stereocenters. The lowest BCUT2D eigenvalue weighted by Gasteiger charge is -2.39. The van der Waals surface area contributed by atoms with Gasteiger partial charge in [-0.1, -0.05) is 12.1 Å². The van der Waals surface area contributed by atoms with Crippen molar-refractivity contribution in [1.82, 2.24) is 4.90 Å². The molecule has 0 bridgehead atoms. The second-order valence-corrected chi connectivity index (χ2v) is 6.67. The Labute approximate surface area is 170 Å². The van der Waals surface area contributed by atoms with E-state index in [9.17, 15) is 41.5 Å². The quantitative estimate of drug-likeness (QED) is 0.548. The van der Waals surface area contributed by atoms with E-state index in [0.717, 1.165) is 17.1 Å². The van der Waals surface area contributed by atoms with Crippen LogP contribution in [0.4, 0.5) is 37.7 Å². The van der Waals surface area contributed by atoms with Gasteiger partial charge < -0.3 is 10.3 Å². The topological polar surface area (TPSA) is 74.5 Å². The maximum atomic E-state index is 13.1. The Hall–Kier alpha value is -3.45. The maximum absolute atomic E-state index is 13.1. The number of benzene rings is 2. The Kier molecular flexibility index (Phi) is 4.55. The second-order valence-electron chi connectivity index (χ2n) is 6.67. The number of quaternary nitrogens is 1. The van der Waals surface area contributed by atoms with Crippen molar-refractivity contribution >= 4 is 17.3 Å². The molecule has 0 aromatic heterocycles. The van der Waals surface area contributed by atoms with Gasteiger partial charge in [-0.25, -0.2) is 0 Å². The van der Waals surface area contributed by atoms with Crippen molar-refractivity contribution in [1.29, 1.82) is 0 Å². The molecule has 2 aliphatic rings. The molecule has 164 valence electrons. The fourth-order valence-electron chi connectivity index (χ4n) is 3.39. The van der Waals surface area contributed by atoms with Crippen molar-refractivity contribution in [3.8, 4) is 0 Å². The van der Waals surface area contributed by atoms with Crippen LogP contribution in [-0.2, 0) is 6.18 Å². The molecule has 2 aliphatic heterocycles. The SMILES string of the molecule is O=C1c2ccccc2N2C(=C(O)N(c3ccc(C(F)(F)F)cc3)[NH+]2[O-])N1CC(F)(F)F. The number of hydrogen-bond donors (Lipinski definition) is 2. The molecule has 4 rings (SSSR count). The predicted octanol–water partition coefficient (Wildman–Crippen LogP) is 2.95. The molecule has 1 atom stereocenters. The summed E-state index contributed by atoms with van der Waals surface area (Å²) < 4.78 is 77.8. The summed E-state index contributed by atoms with van der Waals surface area (Å²) in [6.45, 7) is -1.79. The summed E-state index contributed by atoms with van der Waals surface area (Å²) in [6, 6.07) is 8.45. The fraction of sp³-hybridized carbons (Fsp3) is 0.167. The summed E-state index contributed by atoms with van der Waals surface area (Å²) in [5.74, 6) is -2.84. The number of para-hydroxylation sites is 1. The molecule has 2 heterocycles. The number of hydrogen-bond acceptors (Lipinski definition) is 5. The van der Waals surface area contributed by atoms with E-state index >= 15 is 0 Å². The third kappa shape index (κ3) is 3.41. The maximum Gasteiger partial charge on any atom is 0.416 e. The van der Waals surface area contributed by atoms with Crippen LogP contribution in [0.1, 0.15) is 15.9 Å². The minimum absolute atomic E-state index is 0.0631. The highest BCUT2D eigenvalue weighted by Crippen LogP contribution is 2.38.